The summed E-state index contributed by atoms with van der Waals surface area (Å²) < 4.78 is 5.08. The van der Waals surface area contributed by atoms with E-state index in [4.69, 9.17) is 4.74 Å². The molecule has 1 aliphatic carbocycles. The van der Waals surface area contributed by atoms with Crippen LogP contribution in [0.15, 0.2) is 53.3 Å². The van der Waals surface area contributed by atoms with Gasteiger partial charge in [0.15, 0.2) is 5.75 Å². The lowest BCUT2D eigenvalue weighted by Crippen LogP contribution is -1.99. The van der Waals surface area contributed by atoms with Crippen molar-refractivity contribution in [1.82, 2.24) is 4.98 Å². The van der Waals surface area contributed by atoms with Crippen LogP contribution >= 0.6 is 0 Å². The fourth-order valence-electron chi connectivity index (χ4n) is 2.07. The minimum Gasteiger partial charge on any atom is -0.493 e. The highest BCUT2D eigenvalue weighted by molar-refractivity contribution is 5.97. The van der Waals surface area contributed by atoms with Crippen molar-refractivity contribution in [2.75, 3.05) is 7.11 Å². The van der Waals surface area contributed by atoms with E-state index in [2.05, 4.69) is 4.98 Å². The Kier molecular flexibility index (Phi) is 2.45. The van der Waals surface area contributed by atoms with Crippen LogP contribution in [0.1, 0.15) is 0 Å². The molecular weight excluding hydrogens is 226 g/mol. The summed E-state index contributed by atoms with van der Waals surface area (Å²) in [5.41, 5.74) is 2.59. The molecule has 0 saturated heterocycles. The molecule has 0 amide bonds. The zero-order valence-electron chi connectivity index (χ0n) is 9.88. The summed E-state index contributed by atoms with van der Waals surface area (Å²) in [6, 6.07) is 14.8. The van der Waals surface area contributed by atoms with Crippen LogP contribution in [0.4, 0.5) is 0 Å². The summed E-state index contributed by atoms with van der Waals surface area (Å²) in [6.45, 7) is 0. The molecule has 1 aromatic carbocycles. The number of nitrogens with zero attached hydrogens (tertiary/aromatic N) is 1. The summed E-state index contributed by atoms with van der Waals surface area (Å²) in [5, 5.41) is 0.960. The largest absolute Gasteiger partial charge is 0.493 e. The summed E-state index contributed by atoms with van der Waals surface area (Å²) >= 11 is 0. The lowest BCUT2D eigenvalue weighted by Gasteiger charge is -1.90. The van der Waals surface area contributed by atoms with E-state index in [9.17, 15) is 4.79 Å². The molecule has 3 heteroatoms. The van der Waals surface area contributed by atoms with Crippen molar-refractivity contribution in [3.05, 3.63) is 58.8 Å². The Labute approximate surface area is 104 Å². The van der Waals surface area contributed by atoms with Gasteiger partial charge in [0, 0.05) is 17.0 Å². The highest BCUT2D eigenvalue weighted by atomic mass is 16.5. The molecule has 0 bridgehead atoms. The van der Waals surface area contributed by atoms with E-state index in [-0.39, 0.29) is 5.43 Å². The van der Waals surface area contributed by atoms with Crippen molar-refractivity contribution in [1.29, 1.82) is 0 Å². The van der Waals surface area contributed by atoms with Crippen molar-refractivity contribution in [3.63, 3.8) is 0 Å². The first kappa shape index (κ1) is 10.7. The van der Waals surface area contributed by atoms with E-state index in [1.54, 1.807) is 12.1 Å². The third-order valence-corrected chi connectivity index (χ3v) is 2.95. The maximum atomic E-state index is 11.7. The van der Waals surface area contributed by atoms with Crippen molar-refractivity contribution in [3.8, 4) is 17.0 Å². The zero-order chi connectivity index (χ0) is 12.5. The minimum absolute atomic E-state index is 0.135. The van der Waals surface area contributed by atoms with Gasteiger partial charge in [-0.2, -0.15) is 0 Å². The fraction of sp³-hybridized carbons (Fsp3) is 0.0667. The molecule has 1 aliphatic heterocycles. The van der Waals surface area contributed by atoms with E-state index in [1.165, 1.54) is 13.2 Å². The first-order chi connectivity index (χ1) is 8.79. The lowest BCUT2D eigenvalue weighted by molar-refractivity contribution is 0.412. The van der Waals surface area contributed by atoms with Crippen LogP contribution in [0.3, 0.4) is 0 Å². The Bertz CT molecular complexity index is 752. The van der Waals surface area contributed by atoms with Crippen LogP contribution in [0.2, 0.25) is 0 Å². The highest BCUT2D eigenvalue weighted by Gasteiger charge is 2.10. The van der Waals surface area contributed by atoms with Gasteiger partial charge in [0.1, 0.15) is 0 Å². The summed E-state index contributed by atoms with van der Waals surface area (Å²) in [5.74, 6) is 0.317. The van der Waals surface area contributed by atoms with Gasteiger partial charge >= 0.3 is 0 Å². The molecule has 3 nitrogen and oxygen atoms in total. The van der Waals surface area contributed by atoms with Gasteiger partial charge in [-0.15, -0.1) is 0 Å². The molecule has 1 aromatic rings. The number of fused-ring (bicyclic) bond motifs is 3. The fourth-order valence-corrected chi connectivity index (χ4v) is 2.07. The number of methoxy groups -OCH3 is 1. The van der Waals surface area contributed by atoms with E-state index in [1.807, 2.05) is 30.3 Å². The van der Waals surface area contributed by atoms with Crippen molar-refractivity contribution in [2.45, 2.75) is 0 Å². The van der Waals surface area contributed by atoms with Gasteiger partial charge in [0.2, 0.25) is 5.43 Å². The monoisotopic (exact) mass is 237 g/mol. The standard InChI is InChI=1S/C15H11NO2/c1-18-15-9-13-11(7-8-14(15)17)10-5-3-2-4-6-12(10)16-13/h2-9H,1H3. The molecule has 0 N–H and O–H groups in total. The van der Waals surface area contributed by atoms with E-state index < -0.39 is 0 Å². The number of hydrogen-bond acceptors (Lipinski definition) is 3. The molecule has 0 saturated carbocycles. The SMILES string of the molecule is COc1cc2nc3cccccc-3c2ccc1=O. The molecule has 0 atom stereocenters. The Balaban J connectivity index is 2.48. The van der Waals surface area contributed by atoms with Crippen LogP contribution in [-0.4, -0.2) is 12.1 Å². The predicted molar refractivity (Wildman–Crippen MR) is 71.2 cm³/mol. The number of aromatic nitrogens is 1. The van der Waals surface area contributed by atoms with Gasteiger partial charge < -0.3 is 4.74 Å². The number of rotatable bonds is 1. The second-order valence-electron chi connectivity index (χ2n) is 4.03. The van der Waals surface area contributed by atoms with Gasteiger partial charge in [-0.1, -0.05) is 24.3 Å². The van der Waals surface area contributed by atoms with Gasteiger partial charge in [-0.25, -0.2) is 4.98 Å². The molecule has 0 unspecified atom stereocenters. The maximum Gasteiger partial charge on any atom is 0.220 e. The average Bonchev–Trinajstić information content (AvgIpc) is 2.55. The molecule has 0 radical (unpaired) electrons. The van der Waals surface area contributed by atoms with Crippen molar-refractivity contribution in [2.24, 2.45) is 0 Å². The first-order valence-corrected chi connectivity index (χ1v) is 5.66. The molecule has 0 fully saturated rings. The zero-order valence-corrected chi connectivity index (χ0v) is 9.88. The van der Waals surface area contributed by atoms with Gasteiger partial charge in [-0.05, 0) is 18.2 Å². The van der Waals surface area contributed by atoms with Crippen LogP contribution < -0.4 is 10.2 Å². The second-order valence-corrected chi connectivity index (χ2v) is 4.03. The summed E-state index contributed by atoms with van der Waals surface area (Å²) in [7, 11) is 1.49. The van der Waals surface area contributed by atoms with Crippen LogP contribution in [0.25, 0.3) is 22.2 Å². The molecule has 3 rings (SSSR count). The van der Waals surface area contributed by atoms with E-state index in [0.29, 0.717) is 5.75 Å². The Morgan fingerprint density at radius 1 is 1.06 bits per heavy atom. The van der Waals surface area contributed by atoms with Gasteiger partial charge in [0.05, 0.1) is 18.3 Å². The molecule has 1 heterocycles. The van der Waals surface area contributed by atoms with E-state index in [0.717, 1.165) is 22.2 Å². The smallest absolute Gasteiger partial charge is 0.220 e. The van der Waals surface area contributed by atoms with Gasteiger partial charge in [0.25, 0.3) is 0 Å². The minimum atomic E-state index is -0.135. The number of ether oxygens (including phenoxy) is 1. The topological polar surface area (TPSA) is 39.2 Å². The second kappa shape index (κ2) is 4.11. The van der Waals surface area contributed by atoms with E-state index >= 15 is 0 Å². The number of hydrogen-bond donors (Lipinski definition) is 0. The highest BCUT2D eigenvalue weighted by Crippen LogP contribution is 2.29. The molecule has 88 valence electrons. The third kappa shape index (κ3) is 1.61. The molecule has 2 aliphatic rings. The quantitative estimate of drug-likeness (QED) is 0.653. The Morgan fingerprint density at radius 3 is 2.72 bits per heavy atom. The Hall–Kier alpha value is -2.42. The Morgan fingerprint density at radius 2 is 1.89 bits per heavy atom. The summed E-state index contributed by atoms with van der Waals surface area (Å²) in [4.78, 5) is 16.2. The summed E-state index contributed by atoms with van der Waals surface area (Å²) in [6.07, 6.45) is 0. The predicted octanol–water partition coefficient (Wildman–Crippen LogP) is 2.71. The molecular formula is C15H11NO2. The normalized spacial score (nSPS) is 10.7. The van der Waals surface area contributed by atoms with Gasteiger partial charge in [-0.3, -0.25) is 4.79 Å². The average molecular weight is 237 g/mol. The van der Waals surface area contributed by atoms with Crippen LogP contribution in [-0.2, 0) is 0 Å². The molecule has 0 spiro atoms. The van der Waals surface area contributed by atoms with Crippen molar-refractivity contribution < 1.29 is 4.74 Å². The third-order valence-electron chi connectivity index (χ3n) is 2.95. The van der Waals surface area contributed by atoms with Crippen molar-refractivity contribution >= 4 is 10.9 Å². The van der Waals surface area contributed by atoms with Crippen LogP contribution in [0.5, 0.6) is 5.75 Å². The van der Waals surface area contributed by atoms with Crippen LogP contribution in [0, 0.1) is 0 Å². The lowest BCUT2D eigenvalue weighted by atomic mass is 10.1. The maximum absolute atomic E-state index is 11.7. The molecule has 18 heavy (non-hydrogen) atoms. The first-order valence-electron chi connectivity index (χ1n) is 5.66. The molecule has 0 aromatic heterocycles.